The minimum Gasteiger partial charge on any atom is -0.338 e. The van der Waals surface area contributed by atoms with Gasteiger partial charge >= 0.3 is 0 Å². The van der Waals surface area contributed by atoms with Gasteiger partial charge in [0.05, 0.1) is 6.54 Å². The van der Waals surface area contributed by atoms with Gasteiger partial charge in [-0.25, -0.2) is 0 Å². The van der Waals surface area contributed by atoms with Gasteiger partial charge < -0.3 is 9.84 Å². The van der Waals surface area contributed by atoms with Crippen LogP contribution in [-0.4, -0.2) is 42.2 Å². The van der Waals surface area contributed by atoms with E-state index in [4.69, 9.17) is 4.52 Å². The highest BCUT2D eigenvalue weighted by atomic mass is 32.1. The Hall–Kier alpha value is -1.24. The Morgan fingerprint density at radius 2 is 2.39 bits per heavy atom. The minimum absolute atomic E-state index is 0.670. The summed E-state index contributed by atoms with van der Waals surface area (Å²) in [6.45, 7) is 2.73. The quantitative estimate of drug-likeness (QED) is 0.775. The fourth-order valence-electron chi connectivity index (χ4n) is 1.66. The largest absolute Gasteiger partial charge is 0.338 e. The first-order chi connectivity index (χ1) is 8.79. The Balaban J connectivity index is 1.87. The first kappa shape index (κ1) is 13.2. The maximum atomic E-state index is 5.25. The zero-order chi connectivity index (χ0) is 12.8. The van der Waals surface area contributed by atoms with Crippen LogP contribution in [0.2, 0.25) is 0 Å². The average Bonchev–Trinajstić information content (AvgIpc) is 2.98. The molecule has 0 spiro atoms. The summed E-state index contributed by atoms with van der Waals surface area (Å²) in [5.41, 5.74) is 1.02. The second-order valence-electron chi connectivity index (χ2n) is 4.22. The van der Waals surface area contributed by atoms with Crippen LogP contribution in [0.1, 0.15) is 12.3 Å². The van der Waals surface area contributed by atoms with Crippen molar-refractivity contribution in [1.29, 1.82) is 0 Å². The molecule has 5 nitrogen and oxygen atoms in total. The molecular weight excluding hydrogens is 248 g/mol. The van der Waals surface area contributed by atoms with E-state index in [1.54, 1.807) is 11.3 Å². The van der Waals surface area contributed by atoms with Crippen LogP contribution in [-0.2, 0) is 6.54 Å². The molecule has 0 aliphatic heterocycles. The smallest absolute Gasteiger partial charge is 0.241 e. The Bertz CT molecular complexity index is 454. The second kappa shape index (κ2) is 6.63. The molecule has 0 saturated carbocycles. The standard InChI is InChI=1S/C12H18N4OS/c1-13-5-3-6-16(2)8-11-14-12(15-17-11)10-4-7-18-9-10/h4,7,9,13H,3,5-6,8H2,1-2H3. The van der Waals surface area contributed by atoms with Gasteiger partial charge in [-0.2, -0.15) is 16.3 Å². The maximum Gasteiger partial charge on any atom is 0.241 e. The van der Waals surface area contributed by atoms with Gasteiger partial charge in [-0.3, -0.25) is 4.90 Å². The molecule has 1 N–H and O–H groups in total. The Morgan fingerprint density at radius 3 is 3.11 bits per heavy atom. The van der Waals surface area contributed by atoms with E-state index in [1.807, 2.05) is 23.9 Å². The van der Waals surface area contributed by atoms with Crippen molar-refractivity contribution in [3.63, 3.8) is 0 Å². The number of rotatable bonds is 7. The zero-order valence-electron chi connectivity index (χ0n) is 10.7. The van der Waals surface area contributed by atoms with E-state index in [1.165, 1.54) is 0 Å². The van der Waals surface area contributed by atoms with Gasteiger partial charge in [0.1, 0.15) is 0 Å². The lowest BCUT2D eigenvalue weighted by Gasteiger charge is -2.13. The van der Waals surface area contributed by atoms with Crippen molar-refractivity contribution in [3.05, 3.63) is 22.7 Å². The highest BCUT2D eigenvalue weighted by Crippen LogP contribution is 2.18. The second-order valence-corrected chi connectivity index (χ2v) is 5.00. The van der Waals surface area contributed by atoms with Gasteiger partial charge in [-0.1, -0.05) is 5.16 Å². The first-order valence-corrected chi connectivity index (χ1v) is 6.92. The Morgan fingerprint density at radius 1 is 1.50 bits per heavy atom. The van der Waals surface area contributed by atoms with Crippen molar-refractivity contribution >= 4 is 11.3 Å². The van der Waals surface area contributed by atoms with Crippen LogP contribution in [0.15, 0.2) is 21.3 Å². The van der Waals surface area contributed by atoms with E-state index in [9.17, 15) is 0 Å². The van der Waals surface area contributed by atoms with Gasteiger partial charge in [0.2, 0.25) is 11.7 Å². The summed E-state index contributed by atoms with van der Waals surface area (Å²) in [7, 11) is 4.02. The summed E-state index contributed by atoms with van der Waals surface area (Å²) in [4.78, 5) is 6.58. The number of thiophene rings is 1. The van der Waals surface area contributed by atoms with E-state index < -0.39 is 0 Å². The molecule has 18 heavy (non-hydrogen) atoms. The highest BCUT2D eigenvalue weighted by Gasteiger charge is 2.10. The van der Waals surface area contributed by atoms with Crippen molar-refractivity contribution < 1.29 is 4.52 Å². The molecule has 0 unspecified atom stereocenters. The maximum absolute atomic E-state index is 5.25. The fourth-order valence-corrected chi connectivity index (χ4v) is 2.30. The van der Waals surface area contributed by atoms with E-state index in [-0.39, 0.29) is 0 Å². The average molecular weight is 266 g/mol. The summed E-state index contributed by atoms with van der Waals surface area (Å²) in [5, 5.41) is 11.2. The third-order valence-electron chi connectivity index (χ3n) is 2.62. The van der Waals surface area contributed by atoms with Crippen LogP contribution in [0.4, 0.5) is 0 Å². The molecule has 0 radical (unpaired) electrons. The summed E-state index contributed by atoms with van der Waals surface area (Å²) in [6.07, 6.45) is 1.11. The van der Waals surface area contributed by atoms with Gasteiger partial charge in [0, 0.05) is 10.9 Å². The number of aromatic nitrogens is 2. The lowest BCUT2D eigenvalue weighted by Crippen LogP contribution is -2.22. The van der Waals surface area contributed by atoms with Crippen LogP contribution >= 0.6 is 11.3 Å². The van der Waals surface area contributed by atoms with Crippen molar-refractivity contribution in [2.24, 2.45) is 0 Å². The van der Waals surface area contributed by atoms with Gasteiger partial charge in [-0.05, 0) is 45.1 Å². The predicted octanol–water partition coefficient (Wildman–Crippen LogP) is 1.84. The molecule has 0 bridgehead atoms. The van der Waals surface area contributed by atoms with E-state index in [0.29, 0.717) is 18.3 Å². The molecule has 6 heteroatoms. The summed E-state index contributed by atoms with van der Waals surface area (Å²) >= 11 is 1.63. The number of hydrogen-bond donors (Lipinski definition) is 1. The monoisotopic (exact) mass is 266 g/mol. The van der Waals surface area contributed by atoms with E-state index in [0.717, 1.165) is 25.1 Å². The zero-order valence-corrected chi connectivity index (χ0v) is 11.5. The molecule has 0 amide bonds. The van der Waals surface area contributed by atoms with Crippen molar-refractivity contribution in [3.8, 4) is 11.4 Å². The lowest BCUT2D eigenvalue weighted by atomic mass is 10.3. The fraction of sp³-hybridized carbons (Fsp3) is 0.500. The molecule has 0 saturated heterocycles. The molecule has 98 valence electrons. The summed E-state index contributed by atoms with van der Waals surface area (Å²) in [5.74, 6) is 1.35. The molecular formula is C12H18N4OS. The molecule has 2 rings (SSSR count). The molecule has 0 aromatic carbocycles. The Labute approximate surface area is 111 Å². The van der Waals surface area contributed by atoms with Gasteiger partial charge in [0.15, 0.2) is 0 Å². The lowest BCUT2D eigenvalue weighted by molar-refractivity contribution is 0.264. The van der Waals surface area contributed by atoms with Gasteiger partial charge in [0.25, 0.3) is 0 Å². The van der Waals surface area contributed by atoms with Crippen LogP contribution < -0.4 is 5.32 Å². The van der Waals surface area contributed by atoms with Crippen molar-refractivity contribution in [2.75, 3.05) is 27.2 Å². The predicted molar refractivity (Wildman–Crippen MR) is 72.5 cm³/mol. The molecule has 2 heterocycles. The van der Waals surface area contributed by atoms with Crippen LogP contribution in [0.3, 0.4) is 0 Å². The van der Waals surface area contributed by atoms with E-state index in [2.05, 4.69) is 27.4 Å². The molecule has 2 aromatic heterocycles. The normalized spacial score (nSPS) is 11.3. The number of nitrogens with one attached hydrogen (secondary N) is 1. The van der Waals surface area contributed by atoms with E-state index >= 15 is 0 Å². The van der Waals surface area contributed by atoms with Crippen molar-refractivity contribution in [2.45, 2.75) is 13.0 Å². The van der Waals surface area contributed by atoms with Crippen LogP contribution in [0.25, 0.3) is 11.4 Å². The molecule has 0 fully saturated rings. The first-order valence-electron chi connectivity index (χ1n) is 5.98. The minimum atomic E-state index is 0.670. The number of nitrogens with zero attached hydrogens (tertiary/aromatic N) is 3. The summed E-state index contributed by atoms with van der Waals surface area (Å²) in [6, 6.07) is 2.00. The SMILES string of the molecule is CNCCCN(C)Cc1nc(-c2ccsc2)no1. The number of hydrogen-bond acceptors (Lipinski definition) is 6. The molecule has 0 aliphatic rings. The van der Waals surface area contributed by atoms with Gasteiger partial charge in [-0.15, -0.1) is 0 Å². The molecule has 0 aliphatic carbocycles. The molecule has 0 atom stereocenters. The van der Waals surface area contributed by atoms with Crippen LogP contribution in [0, 0.1) is 0 Å². The molecule has 2 aromatic rings. The van der Waals surface area contributed by atoms with Crippen molar-refractivity contribution in [1.82, 2.24) is 20.4 Å². The summed E-state index contributed by atoms with van der Waals surface area (Å²) < 4.78 is 5.25. The Kier molecular flexibility index (Phi) is 4.86. The topological polar surface area (TPSA) is 54.2 Å². The third kappa shape index (κ3) is 3.63. The third-order valence-corrected chi connectivity index (χ3v) is 3.30. The highest BCUT2D eigenvalue weighted by molar-refractivity contribution is 7.08. The van der Waals surface area contributed by atoms with Crippen LogP contribution in [0.5, 0.6) is 0 Å².